The van der Waals surface area contributed by atoms with Crippen LogP contribution in [-0.4, -0.2) is 25.8 Å². The van der Waals surface area contributed by atoms with Gasteiger partial charge in [-0.05, 0) is 37.0 Å². The van der Waals surface area contributed by atoms with Gasteiger partial charge in [0.2, 0.25) is 0 Å². The summed E-state index contributed by atoms with van der Waals surface area (Å²) in [6.07, 6.45) is 2.09. The first kappa shape index (κ1) is 14.1. The number of ether oxygens (including phenoxy) is 1. The van der Waals surface area contributed by atoms with E-state index in [0.717, 1.165) is 19.4 Å². The van der Waals surface area contributed by atoms with Crippen molar-refractivity contribution in [2.45, 2.75) is 12.8 Å². The largest absolute Gasteiger partial charge is 0.381 e. The normalized spacial score (nSPS) is 18.9. The third-order valence-electron chi connectivity index (χ3n) is 2.98. The van der Waals surface area contributed by atoms with Crippen LogP contribution in [0, 0.1) is 11.7 Å². The second kappa shape index (κ2) is 6.73. The number of hydrogen-bond donors (Lipinski definition) is 2. The molecule has 6 heteroatoms. The highest BCUT2D eigenvalue weighted by atomic mass is 35.5. The number of nitrogens with one attached hydrogen (secondary N) is 2. The maximum atomic E-state index is 13.0. The third-order valence-corrected chi connectivity index (χ3v) is 3.27. The van der Waals surface area contributed by atoms with E-state index in [1.54, 1.807) is 0 Å². The minimum Gasteiger partial charge on any atom is -0.381 e. The fourth-order valence-corrected chi connectivity index (χ4v) is 2.14. The Morgan fingerprint density at radius 1 is 1.53 bits per heavy atom. The Bertz CT molecular complexity index is 450. The van der Waals surface area contributed by atoms with Gasteiger partial charge in [-0.3, -0.25) is 0 Å². The minimum atomic E-state index is -0.507. The molecule has 0 aliphatic carbocycles. The quantitative estimate of drug-likeness (QED) is 0.897. The Morgan fingerprint density at radius 2 is 2.37 bits per heavy atom. The molecular formula is C13H16ClFN2O2. The molecule has 0 unspecified atom stereocenters. The van der Waals surface area contributed by atoms with Gasteiger partial charge in [0.15, 0.2) is 0 Å². The van der Waals surface area contributed by atoms with Crippen LogP contribution in [0.1, 0.15) is 12.8 Å². The number of urea groups is 1. The van der Waals surface area contributed by atoms with Gasteiger partial charge in [-0.1, -0.05) is 11.6 Å². The second-order valence-corrected chi connectivity index (χ2v) is 4.95. The van der Waals surface area contributed by atoms with E-state index >= 15 is 0 Å². The lowest BCUT2D eigenvalue weighted by atomic mass is 10.0. The highest BCUT2D eigenvalue weighted by Crippen LogP contribution is 2.19. The van der Waals surface area contributed by atoms with E-state index in [1.165, 1.54) is 18.2 Å². The molecule has 2 amide bonds. The molecule has 1 aliphatic heterocycles. The summed E-state index contributed by atoms with van der Waals surface area (Å²) < 4.78 is 18.3. The van der Waals surface area contributed by atoms with Crippen LogP contribution in [0.15, 0.2) is 18.2 Å². The lowest BCUT2D eigenvalue weighted by molar-refractivity contribution is 0.0559. The lowest BCUT2D eigenvalue weighted by Gasteiger charge is -2.22. The smallest absolute Gasteiger partial charge is 0.319 e. The summed E-state index contributed by atoms with van der Waals surface area (Å²) in [4.78, 5) is 11.7. The predicted octanol–water partition coefficient (Wildman–Crippen LogP) is 3.03. The van der Waals surface area contributed by atoms with Crippen molar-refractivity contribution in [1.29, 1.82) is 0 Å². The van der Waals surface area contributed by atoms with E-state index < -0.39 is 5.82 Å². The van der Waals surface area contributed by atoms with Gasteiger partial charge in [-0.25, -0.2) is 9.18 Å². The molecular weight excluding hydrogens is 271 g/mol. The van der Waals surface area contributed by atoms with Crippen LogP contribution in [-0.2, 0) is 4.74 Å². The summed E-state index contributed by atoms with van der Waals surface area (Å²) in [6, 6.07) is 3.73. The number of rotatable bonds is 3. The van der Waals surface area contributed by atoms with E-state index in [9.17, 15) is 9.18 Å². The van der Waals surface area contributed by atoms with Gasteiger partial charge < -0.3 is 15.4 Å². The predicted molar refractivity (Wildman–Crippen MR) is 72.0 cm³/mol. The van der Waals surface area contributed by atoms with Gasteiger partial charge in [0.05, 0.1) is 11.6 Å². The second-order valence-electron chi connectivity index (χ2n) is 4.55. The molecule has 1 aromatic rings. The summed E-state index contributed by atoms with van der Waals surface area (Å²) in [5, 5.41) is 5.36. The molecule has 1 fully saturated rings. The van der Waals surface area contributed by atoms with E-state index in [4.69, 9.17) is 16.3 Å². The molecule has 0 spiro atoms. The van der Waals surface area contributed by atoms with E-state index in [1.807, 2.05) is 0 Å². The van der Waals surface area contributed by atoms with Crippen molar-refractivity contribution in [1.82, 2.24) is 5.32 Å². The first-order valence-electron chi connectivity index (χ1n) is 6.23. The molecule has 0 bridgehead atoms. The zero-order valence-corrected chi connectivity index (χ0v) is 11.2. The number of amides is 2. The summed E-state index contributed by atoms with van der Waals surface area (Å²) >= 11 is 5.63. The van der Waals surface area contributed by atoms with Gasteiger partial charge in [0, 0.05) is 18.8 Å². The fraction of sp³-hybridized carbons (Fsp3) is 0.462. The maximum Gasteiger partial charge on any atom is 0.319 e. The molecule has 1 saturated heterocycles. The average molecular weight is 287 g/mol. The van der Waals surface area contributed by atoms with Crippen LogP contribution in [0.5, 0.6) is 0 Å². The average Bonchev–Trinajstić information content (AvgIpc) is 2.42. The summed E-state index contributed by atoms with van der Waals surface area (Å²) in [5.74, 6) is -0.150. The molecule has 4 nitrogen and oxygen atoms in total. The highest BCUT2D eigenvalue weighted by Gasteiger charge is 2.14. The fourth-order valence-electron chi connectivity index (χ4n) is 1.95. The molecule has 19 heavy (non-hydrogen) atoms. The molecule has 0 saturated carbocycles. The van der Waals surface area contributed by atoms with E-state index in [2.05, 4.69) is 10.6 Å². The van der Waals surface area contributed by atoms with Crippen LogP contribution in [0.2, 0.25) is 5.02 Å². The molecule has 2 rings (SSSR count). The zero-order valence-electron chi connectivity index (χ0n) is 10.4. The first-order valence-corrected chi connectivity index (χ1v) is 6.60. The summed E-state index contributed by atoms with van der Waals surface area (Å²) in [6.45, 7) is 2.06. The topological polar surface area (TPSA) is 50.4 Å². The van der Waals surface area contributed by atoms with Crippen LogP contribution in [0.4, 0.5) is 14.9 Å². The van der Waals surface area contributed by atoms with Gasteiger partial charge in [-0.2, -0.15) is 0 Å². The third kappa shape index (κ3) is 4.36. The molecule has 1 atom stereocenters. The van der Waals surface area contributed by atoms with Gasteiger partial charge in [-0.15, -0.1) is 0 Å². The number of carbonyl (C=O) groups excluding carboxylic acids is 1. The van der Waals surface area contributed by atoms with Crippen LogP contribution < -0.4 is 10.6 Å². The SMILES string of the molecule is O=C(NC[C@H]1CCCOC1)Nc1ccc(F)c(Cl)c1. The Morgan fingerprint density at radius 3 is 3.05 bits per heavy atom. The highest BCUT2D eigenvalue weighted by molar-refractivity contribution is 6.31. The van der Waals surface area contributed by atoms with Crippen molar-refractivity contribution in [2.24, 2.45) is 5.92 Å². The van der Waals surface area contributed by atoms with Crippen molar-refractivity contribution in [3.63, 3.8) is 0 Å². The molecule has 104 valence electrons. The number of hydrogen-bond acceptors (Lipinski definition) is 2. The maximum absolute atomic E-state index is 13.0. The molecule has 1 heterocycles. The number of benzene rings is 1. The summed E-state index contributed by atoms with van der Waals surface area (Å²) in [5.41, 5.74) is 0.462. The molecule has 1 aliphatic rings. The van der Waals surface area contributed by atoms with Crippen molar-refractivity contribution in [3.8, 4) is 0 Å². The number of anilines is 1. The van der Waals surface area contributed by atoms with Crippen molar-refractivity contribution in [3.05, 3.63) is 29.0 Å². The molecule has 0 aromatic heterocycles. The van der Waals surface area contributed by atoms with Crippen LogP contribution in [0.25, 0.3) is 0 Å². The monoisotopic (exact) mass is 286 g/mol. The molecule has 0 radical (unpaired) electrons. The Labute approximate surface area is 116 Å². The minimum absolute atomic E-state index is 0.0153. The van der Waals surface area contributed by atoms with Gasteiger partial charge in [0.1, 0.15) is 5.82 Å². The van der Waals surface area contributed by atoms with E-state index in [0.29, 0.717) is 24.8 Å². The molecule has 2 N–H and O–H groups in total. The van der Waals surface area contributed by atoms with Gasteiger partial charge in [0.25, 0.3) is 0 Å². The van der Waals surface area contributed by atoms with Crippen molar-refractivity contribution in [2.75, 3.05) is 25.1 Å². The van der Waals surface area contributed by atoms with Crippen molar-refractivity contribution < 1.29 is 13.9 Å². The number of halogens is 2. The lowest BCUT2D eigenvalue weighted by Crippen LogP contribution is -2.35. The standard InChI is InChI=1S/C13H16ClFN2O2/c14-11-6-10(3-4-12(11)15)17-13(18)16-7-9-2-1-5-19-8-9/h3-4,6,9H,1-2,5,7-8H2,(H2,16,17,18)/t9-/m1/s1. The zero-order chi connectivity index (χ0) is 13.7. The van der Waals surface area contributed by atoms with Crippen molar-refractivity contribution >= 4 is 23.3 Å². The number of carbonyl (C=O) groups is 1. The van der Waals surface area contributed by atoms with Crippen LogP contribution >= 0.6 is 11.6 Å². The Hall–Kier alpha value is -1.33. The molecule has 1 aromatic carbocycles. The van der Waals surface area contributed by atoms with Gasteiger partial charge >= 0.3 is 6.03 Å². The Balaban J connectivity index is 1.78. The Kier molecular flexibility index (Phi) is 4.99. The first-order chi connectivity index (χ1) is 9.15. The summed E-state index contributed by atoms with van der Waals surface area (Å²) in [7, 11) is 0. The van der Waals surface area contributed by atoms with Crippen LogP contribution in [0.3, 0.4) is 0 Å². The van der Waals surface area contributed by atoms with E-state index in [-0.39, 0.29) is 11.1 Å².